The van der Waals surface area contributed by atoms with Crippen LogP contribution < -0.4 is 4.72 Å². The normalized spacial score (nSPS) is 18.5. The third kappa shape index (κ3) is 3.14. The monoisotopic (exact) mass is 353 g/mol. The van der Waals surface area contributed by atoms with Crippen LogP contribution >= 0.6 is 11.8 Å². The van der Waals surface area contributed by atoms with Gasteiger partial charge in [-0.2, -0.15) is 4.72 Å². The van der Waals surface area contributed by atoms with Crippen molar-refractivity contribution >= 4 is 26.9 Å². The van der Waals surface area contributed by atoms with E-state index in [1.54, 1.807) is 26.0 Å². The summed E-state index contributed by atoms with van der Waals surface area (Å²) >= 11 is 1.16. The van der Waals surface area contributed by atoms with Crippen LogP contribution in [0.3, 0.4) is 0 Å². The number of carbonyl (C=O) groups is 1. The fourth-order valence-electron chi connectivity index (χ4n) is 2.61. The molecule has 0 unspecified atom stereocenters. The van der Waals surface area contributed by atoms with Crippen molar-refractivity contribution in [2.75, 3.05) is 5.75 Å². The third-order valence-corrected chi connectivity index (χ3v) is 6.35. The molecule has 1 aliphatic rings. The molecular formula is C13H15N5O3S2. The Morgan fingerprint density at radius 1 is 1.30 bits per heavy atom. The van der Waals surface area contributed by atoms with E-state index in [0.717, 1.165) is 11.8 Å². The number of aromatic nitrogens is 4. The minimum atomic E-state index is -3.77. The first-order valence-electron chi connectivity index (χ1n) is 6.92. The van der Waals surface area contributed by atoms with Crippen LogP contribution in [0.5, 0.6) is 0 Å². The SMILES string of the molecule is Cc1cc(-n2cnnn2)cc(C)c1S(=O)(=O)N[C@H]1CCSC1=O. The number of rotatable bonds is 4. The number of hydrogen-bond acceptors (Lipinski definition) is 7. The molecule has 3 rings (SSSR count). The fraction of sp³-hybridized carbons (Fsp3) is 0.385. The Kier molecular flexibility index (Phi) is 4.21. The second-order valence-electron chi connectivity index (χ2n) is 5.29. The zero-order chi connectivity index (χ0) is 16.6. The molecule has 10 heteroatoms. The summed E-state index contributed by atoms with van der Waals surface area (Å²) in [5.41, 5.74) is 1.82. The molecule has 23 heavy (non-hydrogen) atoms. The zero-order valence-electron chi connectivity index (χ0n) is 12.6. The van der Waals surface area contributed by atoms with Crippen LogP contribution in [0, 0.1) is 13.8 Å². The lowest BCUT2D eigenvalue weighted by atomic mass is 10.1. The highest BCUT2D eigenvalue weighted by atomic mass is 32.2. The molecule has 1 aliphatic heterocycles. The Hall–Kier alpha value is -1.78. The van der Waals surface area contributed by atoms with Gasteiger partial charge in [-0.05, 0) is 54.0 Å². The molecule has 0 radical (unpaired) electrons. The summed E-state index contributed by atoms with van der Waals surface area (Å²) in [6.45, 7) is 3.42. The zero-order valence-corrected chi connectivity index (χ0v) is 14.2. The van der Waals surface area contributed by atoms with Gasteiger partial charge in [0.05, 0.1) is 16.6 Å². The molecular weight excluding hydrogens is 338 g/mol. The van der Waals surface area contributed by atoms with E-state index in [9.17, 15) is 13.2 Å². The van der Waals surface area contributed by atoms with Gasteiger partial charge in [0, 0.05) is 5.75 Å². The van der Waals surface area contributed by atoms with Gasteiger partial charge in [0.2, 0.25) is 15.1 Å². The molecule has 8 nitrogen and oxygen atoms in total. The molecule has 0 aliphatic carbocycles. The van der Waals surface area contributed by atoms with Crippen LogP contribution in [0.1, 0.15) is 17.5 Å². The molecule has 2 aromatic rings. The summed E-state index contributed by atoms with van der Waals surface area (Å²) in [4.78, 5) is 11.9. The number of aryl methyl sites for hydroxylation is 2. The van der Waals surface area contributed by atoms with Crippen molar-refractivity contribution < 1.29 is 13.2 Å². The highest BCUT2D eigenvalue weighted by Crippen LogP contribution is 2.26. The molecule has 0 saturated carbocycles. The van der Waals surface area contributed by atoms with Gasteiger partial charge in [-0.25, -0.2) is 13.1 Å². The van der Waals surface area contributed by atoms with Crippen LogP contribution in [0.4, 0.5) is 0 Å². The van der Waals surface area contributed by atoms with E-state index >= 15 is 0 Å². The number of nitrogens with zero attached hydrogens (tertiary/aromatic N) is 4. The molecule has 0 amide bonds. The molecule has 2 heterocycles. The molecule has 1 aromatic heterocycles. The molecule has 0 spiro atoms. The van der Waals surface area contributed by atoms with Gasteiger partial charge in [-0.3, -0.25) is 4.79 Å². The van der Waals surface area contributed by atoms with Crippen molar-refractivity contribution in [2.24, 2.45) is 0 Å². The Morgan fingerprint density at radius 3 is 2.52 bits per heavy atom. The Balaban J connectivity index is 1.97. The van der Waals surface area contributed by atoms with E-state index in [-0.39, 0.29) is 10.0 Å². The number of nitrogens with one attached hydrogen (secondary N) is 1. The van der Waals surface area contributed by atoms with E-state index in [0.29, 0.717) is 29.0 Å². The van der Waals surface area contributed by atoms with Crippen molar-refractivity contribution in [2.45, 2.75) is 31.2 Å². The van der Waals surface area contributed by atoms with E-state index in [4.69, 9.17) is 0 Å². The van der Waals surface area contributed by atoms with Gasteiger partial charge in [-0.1, -0.05) is 11.8 Å². The summed E-state index contributed by atoms with van der Waals surface area (Å²) in [6, 6.07) is 2.75. The number of benzene rings is 1. The number of sulfonamides is 1. The van der Waals surface area contributed by atoms with E-state index < -0.39 is 16.1 Å². The third-order valence-electron chi connectivity index (χ3n) is 3.56. The van der Waals surface area contributed by atoms with Gasteiger partial charge < -0.3 is 0 Å². The highest BCUT2D eigenvalue weighted by molar-refractivity contribution is 8.14. The van der Waals surface area contributed by atoms with Crippen LogP contribution in [-0.2, 0) is 14.8 Å². The van der Waals surface area contributed by atoms with Gasteiger partial charge in [0.25, 0.3) is 0 Å². The van der Waals surface area contributed by atoms with E-state index in [1.807, 2.05) is 0 Å². The van der Waals surface area contributed by atoms with Crippen molar-refractivity contribution in [3.05, 3.63) is 29.6 Å². The topological polar surface area (TPSA) is 107 Å². The molecule has 1 atom stereocenters. The average molecular weight is 353 g/mol. The Morgan fingerprint density at radius 2 is 2.00 bits per heavy atom. The predicted molar refractivity (Wildman–Crippen MR) is 84.8 cm³/mol. The van der Waals surface area contributed by atoms with Gasteiger partial charge in [-0.15, -0.1) is 5.10 Å². The first kappa shape index (κ1) is 16.1. The summed E-state index contributed by atoms with van der Waals surface area (Å²) < 4.78 is 29.3. The van der Waals surface area contributed by atoms with E-state index in [1.165, 1.54) is 11.0 Å². The van der Waals surface area contributed by atoms with Crippen molar-refractivity contribution in [1.29, 1.82) is 0 Å². The minimum Gasteiger partial charge on any atom is -0.285 e. The van der Waals surface area contributed by atoms with E-state index in [2.05, 4.69) is 20.2 Å². The second-order valence-corrected chi connectivity index (χ2v) is 8.04. The van der Waals surface area contributed by atoms with Crippen molar-refractivity contribution in [1.82, 2.24) is 24.9 Å². The maximum absolute atomic E-state index is 12.7. The maximum Gasteiger partial charge on any atom is 0.241 e. The number of hydrogen-bond donors (Lipinski definition) is 1. The van der Waals surface area contributed by atoms with Crippen molar-refractivity contribution in [3.63, 3.8) is 0 Å². The minimum absolute atomic E-state index is 0.130. The average Bonchev–Trinajstić information content (AvgIpc) is 3.10. The first-order chi connectivity index (χ1) is 10.9. The highest BCUT2D eigenvalue weighted by Gasteiger charge is 2.31. The maximum atomic E-state index is 12.7. The Bertz CT molecular complexity index is 825. The van der Waals surface area contributed by atoms with Gasteiger partial charge in [0.1, 0.15) is 6.33 Å². The van der Waals surface area contributed by atoms with Crippen LogP contribution in [0.2, 0.25) is 0 Å². The molecule has 1 fully saturated rings. The summed E-state index contributed by atoms with van der Waals surface area (Å²) in [5.74, 6) is 0.641. The molecule has 122 valence electrons. The lowest BCUT2D eigenvalue weighted by Crippen LogP contribution is -2.37. The van der Waals surface area contributed by atoms with Crippen LogP contribution in [-0.4, -0.2) is 45.5 Å². The van der Waals surface area contributed by atoms with Gasteiger partial charge in [0.15, 0.2) is 0 Å². The largest absolute Gasteiger partial charge is 0.285 e. The summed E-state index contributed by atoms with van der Waals surface area (Å²) in [7, 11) is -3.77. The fourth-order valence-corrected chi connectivity index (χ4v) is 5.30. The molecule has 1 saturated heterocycles. The van der Waals surface area contributed by atoms with Gasteiger partial charge >= 0.3 is 0 Å². The molecule has 1 aromatic carbocycles. The molecule has 0 bridgehead atoms. The van der Waals surface area contributed by atoms with Crippen molar-refractivity contribution in [3.8, 4) is 5.69 Å². The summed E-state index contributed by atoms with van der Waals surface area (Å²) in [5, 5.41) is 10.8. The number of thioether (sulfide) groups is 1. The lowest BCUT2D eigenvalue weighted by molar-refractivity contribution is -0.111. The number of carbonyl (C=O) groups excluding carboxylic acids is 1. The smallest absolute Gasteiger partial charge is 0.241 e. The predicted octanol–water partition coefficient (Wildman–Crippen LogP) is 0.590. The first-order valence-corrected chi connectivity index (χ1v) is 9.39. The molecule has 1 N–H and O–H groups in total. The number of tetrazole rings is 1. The van der Waals surface area contributed by atoms with Crippen LogP contribution in [0.15, 0.2) is 23.4 Å². The lowest BCUT2D eigenvalue weighted by Gasteiger charge is -2.16. The quantitative estimate of drug-likeness (QED) is 0.857. The Labute approximate surface area is 137 Å². The van der Waals surface area contributed by atoms with Crippen LogP contribution in [0.25, 0.3) is 5.69 Å². The summed E-state index contributed by atoms with van der Waals surface area (Å²) in [6.07, 6.45) is 1.96. The standard InChI is InChI=1S/C13H15N5O3S2/c1-8-5-10(18-7-14-16-17-18)6-9(2)12(8)23(20,21)15-11-3-4-22-13(11)19/h5-7,11,15H,3-4H2,1-2H3/t11-/m0/s1. The second kappa shape index (κ2) is 6.02.